The van der Waals surface area contributed by atoms with Gasteiger partial charge in [0.05, 0.1) is 0 Å². The second-order valence-corrected chi connectivity index (χ2v) is 6.63. The summed E-state index contributed by atoms with van der Waals surface area (Å²) < 4.78 is 0. The van der Waals surface area contributed by atoms with Gasteiger partial charge in [0.25, 0.3) is 0 Å². The first-order valence-electron chi connectivity index (χ1n) is 7.04. The smallest absolute Gasteiger partial charge is 0.101 e. The number of thioether (sulfide) groups is 1. The molecule has 0 unspecified atom stereocenters. The third-order valence-electron chi connectivity index (χ3n) is 3.40. The van der Waals surface area contributed by atoms with E-state index in [1.807, 2.05) is 18.0 Å². The molecule has 100 valence electrons. The van der Waals surface area contributed by atoms with Crippen LogP contribution in [0, 0.1) is 5.92 Å². The van der Waals surface area contributed by atoms with Crippen LogP contribution in [0.1, 0.15) is 45.2 Å². The molecule has 0 spiro atoms. The normalized spacial score (nSPS) is 20.8. The molecular formula is C15H24N2S. The van der Waals surface area contributed by atoms with E-state index in [4.69, 9.17) is 0 Å². The van der Waals surface area contributed by atoms with Crippen molar-refractivity contribution in [1.82, 2.24) is 9.88 Å². The minimum atomic E-state index is 0.593. The van der Waals surface area contributed by atoms with Gasteiger partial charge in [0.1, 0.15) is 5.03 Å². The second kappa shape index (κ2) is 6.58. The van der Waals surface area contributed by atoms with Gasteiger partial charge in [0.2, 0.25) is 0 Å². The summed E-state index contributed by atoms with van der Waals surface area (Å²) in [6.07, 6.45) is 4.53. The minimum absolute atomic E-state index is 0.593. The molecular weight excluding hydrogens is 240 g/mol. The van der Waals surface area contributed by atoms with E-state index in [1.165, 1.54) is 36.5 Å². The fourth-order valence-corrected chi connectivity index (χ4v) is 3.56. The maximum absolute atomic E-state index is 4.56. The Balaban J connectivity index is 2.18. The number of rotatable bonds is 5. The average molecular weight is 264 g/mol. The summed E-state index contributed by atoms with van der Waals surface area (Å²) in [6, 6.07) is 4.95. The van der Waals surface area contributed by atoms with E-state index in [-0.39, 0.29) is 0 Å². The van der Waals surface area contributed by atoms with Crippen molar-refractivity contribution in [2.45, 2.75) is 44.7 Å². The third kappa shape index (κ3) is 3.27. The predicted octanol–water partition coefficient (Wildman–Crippen LogP) is 3.99. The summed E-state index contributed by atoms with van der Waals surface area (Å²) in [5.41, 5.74) is 1.45. The molecule has 1 fully saturated rings. The number of aromatic nitrogens is 1. The van der Waals surface area contributed by atoms with Gasteiger partial charge in [-0.3, -0.25) is 4.90 Å². The Morgan fingerprint density at radius 3 is 3.06 bits per heavy atom. The van der Waals surface area contributed by atoms with Crippen LogP contribution in [0.25, 0.3) is 0 Å². The Hall–Kier alpha value is -0.540. The number of nitrogens with zero attached hydrogens (tertiary/aromatic N) is 2. The fourth-order valence-electron chi connectivity index (χ4n) is 2.78. The quantitative estimate of drug-likeness (QED) is 0.748. The standard InChI is InChI=1S/C15H24N2S/c1-4-18-15-13(7-5-9-16-15)14-8-6-10-17(14)11-12(2)3/h5,7,9,12,14H,4,6,8,10-11H2,1-3H3/t14-/m0/s1. The van der Waals surface area contributed by atoms with E-state index >= 15 is 0 Å². The lowest BCUT2D eigenvalue weighted by atomic mass is 10.1. The van der Waals surface area contributed by atoms with E-state index in [0.29, 0.717) is 6.04 Å². The zero-order valence-corrected chi connectivity index (χ0v) is 12.5. The van der Waals surface area contributed by atoms with Gasteiger partial charge in [-0.2, -0.15) is 0 Å². The molecule has 0 saturated carbocycles. The maximum atomic E-state index is 4.56. The molecule has 0 N–H and O–H groups in total. The van der Waals surface area contributed by atoms with Crippen LogP contribution in [0.3, 0.4) is 0 Å². The summed E-state index contributed by atoms with van der Waals surface area (Å²) in [6.45, 7) is 9.26. The van der Waals surface area contributed by atoms with Gasteiger partial charge in [-0.25, -0.2) is 4.98 Å². The highest BCUT2D eigenvalue weighted by Gasteiger charge is 2.28. The summed E-state index contributed by atoms with van der Waals surface area (Å²) in [4.78, 5) is 7.20. The highest BCUT2D eigenvalue weighted by Crippen LogP contribution is 2.36. The Labute approximate surface area is 115 Å². The van der Waals surface area contributed by atoms with Gasteiger partial charge < -0.3 is 0 Å². The van der Waals surface area contributed by atoms with Crippen molar-refractivity contribution in [2.75, 3.05) is 18.8 Å². The molecule has 0 amide bonds. The molecule has 0 aliphatic carbocycles. The van der Waals surface area contributed by atoms with Gasteiger partial charge in [0.15, 0.2) is 0 Å². The maximum Gasteiger partial charge on any atom is 0.101 e. The molecule has 2 rings (SSSR count). The Morgan fingerprint density at radius 2 is 2.33 bits per heavy atom. The first kappa shape index (κ1) is 13.9. The van der Waals surface area contributed by atoms with Gasteiger partial charge in [-0.1, -0.05) is 26.8 Å². The first-order chi connectivity index (χ1) is 8.72. The molecule has 1 atom stereocenters. The van der Waals surface area contributed by atoms with Crippen LogP contribution in [0.15, 0.2) is 23.4 Å². The second-order valence-electron chi connectivity index (χ2n) is 5.38. The van der Waals surface area contributed by atoms with Crippen LogP contribution in [0.5, 0.6) is 0 Å². The van der Waals surface area contributed by atoms with E-state index in [9.17, 15) is 0 Å². The van der Waals surface area contributed by atoms with Gasteiger partial charge in [0, 0.05) is 24.3 Å². The highest BCUT2D eigenvalue weighted by molar-refractivity contribution is 7.99. The molecule has 3 heteroatoms. The van der Waals surface area contributed by atoms with Crippen LogP contribution in [-0.4, -0.2) is 28.7 Å². The summed E-state index contributed by atoms with van der Waals surface area (Å²) in [5.74, 6) is 1.84. The lowest BCUT2D eigenvalue weighted by molar-refractivity contribution is 0.226. The summed E-state index contributed by atoms with van der Waals surface area (Å²) in [7, 11) is 0. The van der Waals surface area contributed by atoms with Crippen LogP contribution >= 0.6 is 11.8 Å². The monoisotopic (exact) mass is 264 g/mol. The summed E-state index contributed by atoms with van der Waals surface area (Å²) >= 11 is 1.87. The topological polar surface area (TPSA) is 16.1 Å². The fraction of sp³-hybridized carbons (Fsp3) is 0.667. The average Bonchev–Trinajstić information content (AvgIpc) is 2.77. The number of likely N-dealkylation sites (tertiary alicyclic amines) is 1. The van der Waals surface area contributed by atoms with Crippen LogP contribution in [-0.2, 0) is 0 Å². The number of pyridine rings is 1. The number of hydrogen-bond donors (Lipinski definition) is 0. The zero-order valence-electron chi connectivity index (χ0n) is 11.7. The number of hydrogen-bond acceptors (Lipinski definition) is 3. The van der Waals surface area contributed by atoms with Crippen molar-refractivity contribution in [3.63, 3.8) is 0 Å². The molecule has 1 aromatic rings. The highest BCUT2D eigenvalue weighted by atomic mass is 32.2. The molecule has 1 saturated heterocycles. The van der Waals surface area contributed by atoms with Crippen molar-refractivity contribution in [3.8, 4) is 0 Å². The van der Waals surface area contributed by atoms with Crippen molar-refractivity contribution >= 4 is 11.8 Å². The van der Waals surface area contributed by atoms with Crippen molar-refractivity contribution < 1.29 is 0 Å². The van der Waals surface area contributed by atoms with Crippen molar-refractivity contribution in [3.05, 3.63) is 23.9 Å². The molecule has 18 heavy (non-hydrogen) atoms. The third-order valence-corrected chi connectivity index (χ3v) is 4.31. The molecule has 2 nitrogen and oxygen atoms in total. The molecule has 2 heterocycles. The molecule has 0 aromatic carbocycles. The van der Waals surface area contributed by atoms with Crippen LogP contribution < -0.4 is 0 Å². The predicted molar refractivity (Wildman–Crippen MR) is 79.0 cm³/mol. The Bertz CT molecular complexity index is 379. The van der Waals surface area contributed by atoms with Crippen molar-refractivity contribution in [2.24, 2.45) is 5.92 Å². The van der Waals surface area contributed by atoms with E-state index in [0.717, 1.165) is 11.7 Å². The van der Waals surface area contributed by atoms with Crippen molar-refractivity contribution in [1.29, 1.82) is 0 Å². The van der Waals surface area contributed by atoms with Gasteiger partial charge in [-0.05, 0) is 37.1 Å². The zero-order chi connectivity index (χ0) is 13.0. The van der Waals surface area contributed by atoms with E-state index in [2.05, 4.69) is 42.8 Å². The molecule has 1 aliphatic rings. The first-order valence-corrected chi connectivity index (χ1v) is 8.02. The lowest BCUT2D eigenvalue weighted by Crippen LogP contribution is -2.27. The molecule has 0 bridgehead atoms. The molecule has 0 radical (unpaired) electrons. The summed E-state index contributed by atoms with van der Waals surface area (Å²) in [5, 5.41) is 1.24. The largest absolute Gasteiger partial charge is 0.296 e. The van der Waals surface area contributed by atoms with Gasteiger partial charge >= 0.3 is 0 Å². The van der Waals surface area contributed by atoms with E-state index < -0.39 is 0 Å². The van der Waals surface area contributed by atoms with Gasteiger partial charge in [-0.15, -0.1) is 11.8 Å². The minimum Gasteiger partial charge on any atom is -0.296 e. The molecule has 1 aliphatic heterocycles. The van der Waals surface area contributed by atoms with E-state index in [1.54, 1.807) is 0 Å². The Kier molecular flexibility index (Phi) is 5.07. The Morgan fingerprint density at radius 1 is 1.50 bits per heavy atom. The SMILES string of the molecule is CCSc1ncccc1[C@@H]1CCCN1CC(C)C. The molecule has 1 aromatic heterocycles. The van der Waals surface area contributed by atoms with Crippen LogP contribution in [0.2, 0.25) is 0 Å². The van der Waals surface area contributed by atoms with Crippen LogP contribution in [0.4, 0.5) is 0 Å². The lowest BCUT2D eigenvalue weighted by Gasteiger charge is -2.27.